The zero-order valence-electron chi connectivity index (χ0n) is 12.9. The third-order valence-corrected chi connectivity index (χ3v) is 3.94. The van der Waals surface area contributed by atoms with Crippen molar-refractivity contribution in [1.29, 1.82) is 0 Å². The number of nitrogens with zero attached hydrogens (tertiary/aromatic N) is 1. The van der Waals surface area contributed by atoms with Crippen molar-refractivity contribution in [2.75, 3.05) is 13.2 Å². The summed E-state index contributed by atoms with van der Waals surface area (Å²) in [5.41, 5.74) is 7.03. The zero-order valence-corrected chi connectivity index (χ0v) is 12.9. The number of carbonyl (C=O) groups excluding carboxylic acids is 1. The van der Waals surface area contributed by atoms with E-state index in [0.717, 1.165) is 32.1 Å². The van der Waals surface area contributed by atoms with Crippen LogP contribution >= 0.6 is 0 Å². The van der Waals surface area contributed by atoms with E-state index in [9.17, 15) is 4.79 Å². The second-order valence-electron chi connectivity index (χ2n) is 5.72. The third-order valence-electron chi connectivity index (χ3n) is 3.94. The van der Waals surface area contributed by atoms with Crippen molar-refractivity contribution in [3.63, 3.8) is 0 Å². The number of nitrogens with two attached hydrogens (primary N) is 1. The van der Waals surface area contributed by atoms with E-state index in [2.05, 4.69) is 10.5 Å². The Hall–Kier alpha value is -1.40. The molecule has 2 rings (SSSR count). The number of aromatic nitrogens is 1. The van der Waals surface area contributed by atoms with Crippen LogP contribution in [-0.4, -0.2) is 36.4 Å². The first kappa shape index (κ1) is 16.0. The number of hydrogen-bond donors (Lipinski definition) is 2. The molecule has 0 atom stereocenters. The van der Waals surface area contributed by atoms with E-state index in [1.807, 2.05) is 0 Å². The lowest BCUT2D eigenvalue weighted by molar-refractivity contribution is 0.0241. The van der Waals surface area contributed by atoms with Crippen LogP contribution in [0.25, 0.3) is 0 Å². The first-order chi connectivity index (χ1) is 10.1. The standard InChI is InChI=1S/C15H25N3O3/c1-10-14(11(2)21-18-10)15(19)17-8-3-9-20-13-6-4-12(16)5-7-13/h12-13H,3-9,16H2,1-2H3,(H,17,19). The first-order valence-corrected chi connectivity index (χ1v) is 7.66. The molecule has 0 spiro atoms. The van der Waals surface area contributed by atoms with Crippen LogP contribution in [0.1, 0.15) is 53.9 Å². The van der Waals surface area contributed by atoms with Crippen LogP contribution in [-0.2, 0) is 4.74 Å². The molecule has 0 bridgehead atoms. The molecule has 0 aromatic carbocycles. The van der Waals surface area contributed by atoms with Gasteiger partial charge in [-0.2, -0.15) is 0 Å². The van der Waals surface area contributed by atoms with Crippen molar-refractivity contribution in [1.82, 2.24) is 10.5 Å². The molecule has 6 nitrogen and oxygen atoms in total. The topological polar surface area (TPSA) is 90.4 Å². The molecule has 0 unspecified atom stereocenters. The quantitative estimate of drug-likeness (QED) is 0.779. The summed E-state index contributed by atoms with van der Waals surface area (Å²) in [6.07, 6.45) is 5.33. The normalized spacial score (nSPS) is 22.2. The van der Waals surface area contributed by atoms with Crippen molar-refractivity contribution in [3.05, 3.63) is 17.0 Å². The maximum absolute atomic E-state index is 12.0. The third kappa shape index (κ3) is 4.54. The molecule has 0 radical (unpaired) electrons. The average Bonchev–Trinajstić information content (AvgIpc) is 2.79. The largest absolute Gasteiger partial charge is 0.378 e. The van der Waals surface area contributed by atoms with Crippen molar-refractivity contribution in [3.8, 4) is 0 Å². The van der Waals surface area contributed by atoms with Crippen LogP contribution in [0.2, 0.25) is 0 Å². The molecule has 1 aliphatic rings. The van der Waals surface area contributed by atoms with Gasteiger partial charge >= 0.3 is 0 Å². The Morgan fingerprint density at radius 2 is 2.10 bits per heavy atom. The molecular weight excluding hydrogens is 270 g/mol. The molecule has 1 aromatic rings. The van der Waals surface area contributed by atoms with Gasteiger partial charge in [0, 0.05) is 19.2 Å². The van der Waals surface area contributed by atoms with Crippen LogP contribution in [0, 0.1) is 13.8 Å². The molecule has 1 aromatic heterocycles. The Morgan fingerprint density at radius 3 is 2.71 bits per heavy atom. The molecular formula is C15H25N3O3. The van der Waals surface area contributed by atoms with E-state index in [1.54, 1.807) is 13.8 Å². The lowest BCUT2D eigenvalue weighted by Crippen LogP contribution is -2.31. The minimum Gasteiger partial charge on any atom is -0.378 e. The number of amides is 1. The lowest BCUT2D eigenvalue weighted by Gasteiger charge is -2.26. The monoisotopic (exact) mass is 295 g/mol. The Bertz CT molecular complexity index is 445. The molecule has 3 N–H and O–H groups in total. The summed E-state index contributed by atoms with van der Waals surface area (Å²) >= 11 is 0. The predicted octanol–water partition coefficient (Wildman–Crippen LogP) is 1.70. The molecule has 0 aliphatic heterocycles. The second-order valence-corrected chi connectivity index (χ2v) is 5.72. The van der Waals surface area contributed by atoms with Gasteiger partial charge < -0.3 is 20.3 Å². The number of carbonyl (C=O) groups is 1. The molecule has 1 fully saturated rings. The zero-order chi connectivity index (χ0) is 15.2. The molecule has 118 valence electrons. The van der Waals surface area contributed by atoms with Gasteiger partial charge in [0.05, 0.1) is 11.8 Å². The molecule has 0 saturated heterocycles. The van der Waals surface area contributed by atoms with Gasteiger partial charge in [-0.3, -0.25) is 4.79 Å². The number of aryl methyl sites for hydroxylation is 2. The van der Waals surface area contributed by atoms with E-state index >= 15 is 0 Å². The highest BCUT2D eigenvalue weighted by atomic mass is 16.5. The van der Waals surface area contributed by atoms with Crippen LogP contribution in [0.5, 0.6) is 0 Å². The van der Waals surface area contributed by atoms with E-state index in [4.69, 9.17) is 15.0 Å². The summed E-state index contributed by atoms with van der Waals surface area (Å²) in [5.74, 6) is 0.426. The summed E-state index contributed by atoms with van der Waals surface area (Å²) in [6.45, 7) is 4.77. The number of ether oxygens (including phenoxy) is 1. The van der Waals surface area contributed by atoms with Crippen molar-refractivity contribution in [2.45, 2.75) is 58.1 Å². The number of nitrogens with one attached hydrogen (secondary N) is 1. The molecule has 1 amide bonds. The predicted molar refractivity (Wildman–Crippen MR) is 79.1 cm³/mol. The van der Waals surface area contributed by atoms with Gasteiger partial charge in [0.15, 0.2) is 0 Å². The highest BCUT2D eigenvalue weighted by molar-refractivity contribution is 5.96. The smallest absolute Gasteiger partial charge is 0.256 e. The summed E-state index contributed by atoms with van der Waals surface area (Å²) < 4.78 is 10.8. The SMILES string of the molecule is Cc1noc(C)c1C(=O)NCCCOC1CCC(N)CC1. The van der Waals surface area contributed by atoms with Gasteiger partial charge in [-0.05, 0) is 46.0 Å². The average molecular weight is 295 g/mol. The van der Waals surface area contributed by atoms with E-state index in [0.29, 0.717) is 42.3 Å². The Morgan fingerprint density at radius 1 is 1.38 bits per heavy atom. The maximum atomic E-state index is 12.0. The second kappa shape index (κ2) is 7.56. The Labute approximate surface area is 125 Å². The maximum Gasteiger partial charge on any atom is 0.256 e. The van der Waals surface area contributed by atoms with Crippen molar-refractivity contribution >= 4 is 5.91 Å². The Balaban J connectivity index is 1.61. The number of hydrogen-bond acceptors (Lipinski definition) is 5. The summed E-state index contributed by atoms with van der Waals surface area (Å²) in [7, 11) is 0. The van der Waals surface area contributed by atoms with Crippen molar-refractivity contribution < 1.29 is 14.1 Å². The van der Waals surface area contributed by atoms with Gasteiger partial charge in [0.2, 0.25) is 0 Å². The molecule has 21 heavy (non-hydrogen) atoms. The fourth-order valence-corrected chi connectivity index (χ4v) is 2.67. The molecule has 1 aliphatic carbocycles. The van der Waals surface area contributed by atoms with Crippen LogP contribution < -0.4 is 11.1 Å². The highest BCUT2D eigenvalue weighted by Crippen LogP contribution is 2.19. The molecule has 1 heterocycles. The number of rotatable bonds is 6. The van der Waals surface area contributed by atoms with Crippen molar-refractivity contribution in [2.24, 2.45) is 5.73 Å². The van der Waals surface area contributed by atoms with Gasteiger partial charge in [0.25, 0.3) is 5.91 Å². The fourth-order valence-electron chi connectivity index (χ4n) is 2.67. The van der Waals surface area contributed by atoms with Crippen LogP contribution in [0.4, 0.5) is 0 Å². The van der Waals surface area contributed by atoms with Gasteiger partial charge in [0.1, 0.15) is 11.3 Å². The lowest BCUT2D eigenvalue weighted by atomic mass is 9.94. The minimum absolute atomic E-state index is 0.130. The minimum atomic E-state index is -0.130. The summed E-state index contributed by atoms with van der Waals surface area (Å²) in [4.78, 5) is 12.0. The van der Waals surface area contributed by atoms with Gasteiger partial charge in [-0.1, -0.05) is 5.16 Å². The summed E-state index contributed by atoms with van der Waals surface area (Å²) in [5, 5.41) is 6.65. The highest BCUT2D eigenvalue weighted by Gasteiger charge is 2.19. The molecule has 1 saturated carbocycles. The van der Waals surface area contributed by atoms with E-state index < -0.39 is 0 Å². The van der Waals surface area contributed by atoms with Crippen LogP contribution in [0.3, 0.4) is 0 Å². The van der Waals surface area contributed by atoms with Gasteiger partial charge in [-0.25, -0.2) is 0 Å². The summed E-state index contributed by atoms with van der Waals surface area (Å²) in [6, 6.07) is 0.346. The van der Waals surface area contributed by atoms with E-state index in [-0.39, 0.29) is 5.91 Å². The van der Waals surface area contributed by atoms with E-state index in [1.165, 1.54) is 0 Å². The molecule has 6 heteroatoms. The fraction of sp³-hybridized carbons (Fsp3) is 0.733. The Kier molecular flexibility index (Phi) is 5.76. The van der Waals surface area contributed by atoms with Gasteiger partial charge in [-0.15, -0.1) is 0 Å². The first-order valence-electron chi connectivity index (χ1n) is 7.66. The van der Waals surface area contributed by atoms with Crippen LogP contribution in [0.15, 0.2) is 4.52 Å².